The number of hydrogen-bond donors (Lipinski definition) is 2. The molecule has 1 aliphatic heterocycles. The van der Waals surface area contributed by atoms with Crippen LogP contribution in [0.5, 0.6) is 0 Å². The molecule has 23 heavy (non-hydrogen) atoms. The van der Waals surface area contributed by atoms with Crippen LogP contribution in [-0.2, 0) is 6.42 Å². The lowest BCUT2D eigenvalue weighted by Gasteiger charge is -2.02. The van der Waals surface area contributed by atoms with Crippen LogP contribution < -0.4 is 5.32 Å². The van der Waals surface area contributed by atoms with E-state index in [1.165, 1.54) is 12.1 Å². The van der Waals surface area contributed by atoms with Gasteiger partial charge in [-0.25, -0.2) is 4.39 Å². The van der Waals surface area contributed by atoms with Gasteiger partial charge in [-0.05, 0) is 36.7 Å². The van der Waals surface area contributed by atoms with E-state index in [4.69, 9.17) is 4.52 Å². The van der Waals surface area contributed by atoms with Gasteiger partial charge in [0.2, 0.25) is 0 Å². The van der Waals surface area contributed by atoms with Crippen molar-refractivity contribution in [2.24, 2.45) is 0 Å². The van der Waals surface area contributed by atoms with Gasteiger partial charge in [0.25, 0.3) is 5.89 Å². The first-order valence-corrected chi connectivity index (χ1v) is 7.61. The Morgan fingerprint density at radius 1 is 1.30 bits per heavy atom. The van der Waals surface area contributed by atoms with Crippen molar-refractivity contribution >= 4 is 0 Å². The van der Waals surface area contributed by atoms with E-state index in [0.717, 1.165) is 30.8 Å². The molecule has 118 valence electrons. The topological polar surface area (TPSA) is 79.6 Å². The molecule has 2 aromatic heterocycles. The molecular formula is C16H16FN5O. The van der Waals surface area contributed by atoms with Gasteiger partial charge in [-0.15, -0.1) is 0 Å². The van der Waals surface area contributed by atoms with Crippen LogP contribution in [0.4, 0.5) is 4.39 Å². The summed E-state index contributed by atoms with van der Waals surface area (Å²) < 4.78 is 18.5. The third kappa shape index (κ3) is 3.00. The van der Waals surface area contributed by atoms with Crippen LogP contribution in [0.15, 0.2) is 34.9 Å². The molecule has 1 saturated heterocycles. The van der Waals surface area contributed by atoms with E-state index < -0.39 is 0 Å². The van der Waals surface area contributed by atoms with Crippen molar-refractivity contribution in [2.75, 3.05) is 13.1 Å². The summed E-state index contributed by atoms with van der Waals surface area (Å²) in [6, 6.07) is 8.33. The van der Waals surface area contributed by atoms with E-state index in [-0.39, 0.29) is 5.82 Å². The second-order valence-corrected chi connectivity index (χ2v) is 5.72. The Balaban J connectivity index is 1.51. The summed E-state index contributed by atoms with van der Waals surface area (Å²) in [4.78, 5) is 4.35. The van der Waals surface area contributed by atoms with Gasteiger partial charge >= 0.3 is 0 Å². The van der Waals surface area contributed by atoms with Crippen molar-refractivity contribution < 1.29 is 8.91 Å². The molecule has 6 nitrogen and oxygen atoms in total. The minimum absolute atomic E-state index is 0.270. The molecule has 0 amide bonds. The summed E-state index contributed by atoms with van der Waals surface area (Å²) >= 11 is 0. The molecule has 2 N–H and O–H groups in total. The molecule has 0 spiro atoms. The van der Waals surface area contributed by atoms with Crippen molar-refractivity contribution in [3.05, 3.63) is 53.2 Å². The quantitative estimate of drug-likeness (QED) is 0.772. The van der Waals surface area contributed by atoms with Gasteiger partial charge in [0.05, 0.1) is 0 Å². The molecule has 0 aliphatic carbocycles. The maximum Gasteiger partial charge on any atom is 0.278 e. The van der Waals surface area contributed by atoms with Gasteiger partial charge in [0, 0.05) is 24.6 Å². The van der Waals surface area contributed by atoms with Crippen molar-refractivity contribution in [2.45, 2.75) is 18.8 Å². The van der Waals surface area contributed by atoms with Crippen molar-refractivity contribution in [1.29, 1.82) is 0 Å². The highest BCUT2D eigenvalue weighted by atomic mass is 19.1. The highest BCUT2D eigenvalue weighted by Crippen LogP contribution is 2.24. The van der Waals surface area contributed by atoms with Crippen molar-refractivity contribution in [1.82, 2.24) is 25.7 Å². The zero-order chi connectivity index (χ0) is 15.6. The molecule has 7 heteroatoms. The summed E-state index contributed by atoms with van der Waals surface area (Å²) in [5.74, 6) is 1.07. The summed E-state index contributed by atoms with van der Waals surface area (Å²) in [5, 5.41) is 14.6. The first-order valence-electron chi connectivity index (χ1n) is 7.61. The van der Waals surface area contributed by atoms with E-state index in [0.29, 0.717) is 29.7 Å². The fourth-order valence-electron chi connectivity index (χ4n) is 2.83. The first kappa shape index (κ1) is 14.1. The standard InChI is InChI=1S/C16H16FN5O/c17-12-3-1-2-10(6-12)7-15-19-16(23-22-15)14-8-13(20-21-14)11-4-5-18-9-11/h1-3,6,8,11,18H,4-5,7,9H2,(H,20,21). The number of nitrogens with zero attached hydrogens (tertiary/aromatic N) is 3. The monoisotopic (exact) mass is 313 g/mol. The fourth-order valence-corrected chi connectivity index (χ4v) is 2.83. The number of benzene rings is 1. The van der Waals surface area contributed by atoms with E-state index in [2.05, 4.69) is 25.7 Å². The number of hydrogen-bond acceptors (Lipinski definition) is 5. The molecule has 3 heterocycles. The average Bonchev–Trinajstić information content (AvgIpc) is 3.28. The van der Waals surface area contributed by atoms with Crippen LogP contribution in [-0.4, -0.2) is 33.4 Å². The minimum Gasteiger partial charge on any atom is -0.332 e. The molecular weight excluding hydrogens is 297 g/mol. The Morgan fingerprint density at radius 3 is 3.09 bits per heavy atom. The number of halogens is 1. The zero-order valence-electron chi connectivity index (χ0n) is 12.4. The lowest BCUT2D eigenvalue weighted by atomic mass is 10.1. The molecule has 1 atom stereocenters. The second kappa shape index (κ2) is 5.92. The predicted octanol–water partition coefficient (Wildman–Crippen LogP) is 2.27. The molecule has 0 radical (unpaired) electrons. The molecule has 3 aromatic rings. The third-order valence-electron chi connectivity index (χ3n) is 4.04. The Morgan fingerprint density at radius 2 is 2.26 bits per heavy atom. The van der Waals surface area contributed by atoms with Gasteiger partial charge < -0.3 is 9.84 Å². The number of H-pyrrole nitrogens is 1. The molecule has 0 saturated carbocycles. The Labute approximate surface area is 132 Å². The van der Waals surface area contributed by atoms with Gasteiger partial charge in [-0.1, -0.05) is 17.3 Å². The number of aromatic amines is 1. The smallest absolute Gasteiger partial charge is 0.278 e. The van der Waals surface area contributed by atoms with E-state index in [1.54, 1.807) is 6.07 Å². The Kier molecular flexibility index (Phi) is 3.63. The van der Waals surface area contributed by atoms with Gasteiger partial charge in [0.1, 0.15) is 5.82 Å². The average molecular weight is 313 g/mol. The first-order chi connectivity index (χ1) is 11.3. The highest BCUT2D eigenvalue weighted by Gasteiger charge is 2.20. The third-order valence-corrected chi connectivity index (χ3v) is 4.04. The molecule has 0 bridgehead atoms. The van der Waals surface area contributed by atoms with Crippen LogP contribution >= 0.6 is 0 Å². The van der Waals surface area contributed by atoms with Crippen molar-refractivity contribution in [3.63, 3.8) is 0 Å². The summed E-state index contributed by atoms with van der Waals surface area (Å²) in [6.07, 6.45) is 1.52. The lowest BCUT2D eigenvalue weighted by molar-refractivity contribution is 0.422. The fraction of sp³-hybridized carbons (Fsp3) is 0.312. The van der Waals surface area contributed by atoms with E-state index in [1.807, 2.05) is 12.1 Å². The van der Waals surface area contributed by atoms with Gasteiger partial charge in [0.15, 0.2) is 11.5 Å². The molecule has 1 aromatic carbocycles. The van der Waals surface area contributed by atoms with E-state index >= 15 is 0 Å². The summed E-state index contributed by atoms with van der Waals surface area (Å²) in [7, 11) is 0. The lowest BCUT2D eigenvalue weighted by Crippen LogP contribution is -2.08. The summed E-state index contributed by atoms with van der Waals surface area (Å²) in [6.45, 7) is 1.98. The maximum atomic E-state index is 13.2. The Bertz CT molecular complexity index is 806. The second-order valence-electron chi connectivity index (χ2n) is 5.72. The maximum absolute atomic E-state index is 13.2. The summed E-state index contributed by atoms with van der Waals surface area (Å²) in [5.41, 5.74) is 2.52. The van der Waals surface area contributed by atoms with Gasteiger partial charge in [-0.3, -0.25) is 5.10 Å². The van der Waals surface area contributed by atoms with Crippen LogP contribution in [0, 0.1) is 5.82 Å². The zero-order valence-corrected chi connectivity index (χ0v) is 12.4. The van der Waals surface area contributed by atoms with Gasteiger partial charge in [-0.2, -0.15) is 10.1 Å². The van der Waals surface area contributed by atoms with Crippen LogP contribution in [0.2, 0.25) is 0 Å². The normalized spacial score (nSPS) is 17.7. The minimum atomic E-state index is -0.270. The molecule has 1 fully saturated rings. The molecule has 1 unspecified atom stereocenters. The SMILES string of the molecule is Fc1cccc(Cc2noc(-c3cc(C4CCNC4)[nH]n3)n2)c1. The highest BCUT2D eigenvalue weighted by molar-refractivity contribution is 5.47. The van der Waals surface area contributed by atoms with E-state index in [9.17, 15) is 4.39 Å². The van der Waals surface area contributed by atoms with Crippen LogP contribution in [0.25, 0.3) is 11.6 Å². The van der Waals surface area contributed by atoms with Crippen LogP contribution in [0.1, 0.15) is 29.4 Å². The molecule has 4 rings (SSSR count). The Hall–Kier alpha value is -2.54. The van der Waals surface area contributed by atoms with Crippen LogP contribution in [0.3, 0.4) is 0 Å². The number of rotatable bonds is 4. The largest absolute Gasteiger partial charge is 0.332 e. The predicted molar refractivity (Wildman–Crippen MR) is 81.3 cm³/mol. The number of nitrogens with one attached hydrogen (secondary N) is 2. The molecule has 1 aliphatic rings. The van der Waals surface area contributed by atoms with Crippen molar-refractivity contribution in [3.8, 4) is 11.6 Å². The number of aromatic nitrogens is 4.